The van der Waals surface area contributed by atoms with Gasteiger partial charge in [-0.25, -0.2) is 0 Å². The first-order valence-corrected chi connectivity index (χ1v) is 8.15. The number of hydrogen-bond donors (Lipinski definition) is 2. The van der Waals surface area contributed by atoms with Gasteiger partial charge < -0.3 is 11.1 Å². The van der Waals surface area contributed by atoms with Gasteiger partial charge in [-0.05, 0) is 56.5 Å². The van der Waals surface area contributed by atoms with Gasteiger partial charge >= 0.3 is 0 Å². The van der Waals surface area contributed by atoms with Gasteiger partial charge in [0.25, 0.3) is 5.91 Å². The third-order valence-corrected chi connectivity index (χ3v) is 5.26. The van der Waals surface area contributed by atoms with Crippen molar-refractivity contribution in [2.24, 2.45) is 0 Å². The molecule has 1 aliphatic carbocycles. The number of amides is 1. The van der Waals surface area contributed by atoms with E-state index in [2.05, 4.69) is 24.2 Å². The Labute approximate surface area is 128 Å². The molecular formula is C16H21N3OS. The fraction of sp³-hybridized carbons (Fsp3) is 0.438. The Morgan fingerprint density at radius 3 is 2.95 bits per heavy atom. The number of likely N-dealkylation sites (N-methyl/N-ethyl adjacent to an activating group) is 1. The topological polar surface area (TPSA) is 58.4 Å². The number of carbonyl (C=O) groups is 1. The minimum atomic E-state index is 0.00539. The van der Waals surface area contributed by atoms with Crippen molar-refractivity contribution in [2.75, 3.05) is 19.3 Å². The highest BCUT2D eigenvalue weighted by Gasteiger charge is 2.29. The number of carbonyl (C=O) groups excluding carboxylic acids is 1. The second-order valence-electron chi connectivity index (χ2n) is 5.86. The lowest BCUT2D eigenvalue weighted by molar-refractivity contribution is 0.0943. The molecule has 0 radical (unpaired) electrons. The van der Waals surface area contributed by atoms with Crippen molar-refractivity contribution in [1.29, 1.82) is 0 Å². The van der Waals surface area contributed by atoms with Crippen LogP contribution in [0.15, 0.2) is 24.3 Å². The SMILES string of the molecule is CC(CNC(=O)c1cc2cc(N)ccc2s1)N(C)C1CC1. The lowest BCUT2D eigenvalue weighted by atomic mass is 10.2. The first kappa shape index (κ1) is 14.4. The van der Waals surface area contributed by atoms with Crippen LogP contribution in [0.5, 0.6) is 0 Å². The van der Waals surface area contributed by atoms with Gasteiger partial charge in [0.1, 0.15) is 0 Å². The van der Waals surface area contributed by atoms with Crippen LogP contribution >= 0.6 is 11.3 Å². The molecule has 1 aromatic carbocycles. The molecule has 0 aliphatic heterocycles. The summed E-state index contributed by atoms with van der Waals surface area (Å²) in [6, 6.07) is 8.74. The quantitative estimate of drug-likeness (QED) is 0.835. The lowest BCUT2D eigenvalue weighted by Crippen LogP contribution is -2.41. The molecule has 1 heterocycles. The molecule has 5 heteroatoms. The Morgan fingerprint density at radius 2 is 2.24 bits per heavy atom. The number of nitrogen functional groups attached to an aromatic ring is 1. The average Bonchev–Trinajstić information content (AvgIpc) is 3.23. The fourth-order valence-electron chi connectivity index (χ4n) is 2.49. The Bertz CT molecular complexity index is 663. The molecule has 1 aromatic heterocycles. The van der Waals surface area contributed by atoms with Crippen LogP contribution in [0.25, 0.3) is 10.1 Å². The van der Waals surface area contributed by atoms with E-state index < -0.39 is 0 Å². The van der Waals surface area contributed by atoms with Gasteiger partial charge in [-0.2, -0.15) is 0 Å². The maximum Gasteiger partial charge on any atom is 0.261 e. The summed E-state index contributed by atoms with van der Waals surface area (Å²) in [5.74, 6) is 0.00539. The number of hydrogen-bond acceptors (Lipinski definition) is 4. The molecule has 1 aliphatic rings. The average molecular weight is 303 g/mol. The molecule has 1 unspecified atom stereocenters. The Kier molecular flexibility index (Phi) is 3.87. The van der Waals surface area contributed by atoms with Crippen LogP contribution in [0, 0.1) is 0 Å². The van der Waals surface area contributed by atoms with Crippen LogP contribution in [0.3, 0.4) is 0 Å². The van der Waals surface area contributed by atoms with E-state index in [4.69, 9.17) is 5.73 Å². The summed E-state index contributed by atoms with van der Waals surface area (Å²) in [4.78, 5) is 15.4. The number of nitrogens with two attached hydrogens (primary N) is 1. The molecule has 3 rings (SSSR count). The third kappa shape index (κ3) is 3.19. The van der Waals surface area contributed by atoms with Crippen LogP contribution in [0.4, 0.5) is 5.69 Å². The standard InChI is InChI=1S/C16H21N3OS/c1-10(19(2)13-4-5-13)9-18-16(20)15-8-11-7-12(17)3-6-14(11)21-15/h3,6-8,10,13H,4-5,9,17H2,1-2H3,(H,18,20). The zero-order valence-corrected chi connectivity index (χ0v) is 13.2. The first-order chi connectivity index (χ1) is 10.0. The Hall–Kier alpha value is -1.59. The van der Waals surface area contributed by atoms with Gasteiger partial charge in [0.2, 0.25) is 0 Å². The highest BCUT2D eigenvalue weighted by atomic mass is 32.1. The number of nitrogens with one attached hydrogen (secondary N) is 1. The van der Waals surface area contributed by atoms with Gasteiger partial charge in [0, 0.05) is 29.0 Å². The van der Waals surface area contributed by atoms with Crippen LogP contribution in [0.1, 0.15) is 29.4 Å². The maximum absolute atomic E-state index is 12.3. The zero-order chi connectivity index (χ0) is 15.0. The molecule has 1 saturated carbocycles. The molecular weight excluding hydrogens is 282 g/mol. The highest BCUT2D eigenvalue weighted by Crippen LogP contribution is 2.28. The molecule has 3 N–H and O–H groups in total. The van der Waals surface area contributed by atoms with E-state index >= 15 is 0 Å². The van der Waals surface area contributed by atoms with Crippen LogP contribution in [-0.4, -0.2) is 36.5 Å². The molecule has 2 aromatic rings. The van der Waals surface area contributed by atoms with Gasteiger partial charge in [0.05, 0.1) is 4.88 Å². The third-order valence-electron chi connectivity index (χ3n) is 4.14. The summed E-state index contributed by atoms with van der Waals surface area (Å²) >= 11 is 1.51. The van der Waals surface area contributed by atoms with Gasteiger partial charge in [0.15, 0.2) is 0 Å². The summed E-state index contributed by atoms with van der Waals surface area (Å²) in [6.07, 6.45) is 2.57. The number of rotatable bonds is 5. The van der Waals surface area contributed by atoms with E-state index in [1.165, 1.54) is 24.2 Å². The van der Waals surface area contributed by atoms with Gasteiger partial charge in [-0.3, -0.25) is 9.69 Å². The molecule has 21 heavy (non-hydrogen) atoms. The summed E-state index contributed by atoms with van der Waals surface area (Å²) in [7, 11) is 2.14. The van der Waals surface area contributed by atoms with Gasteiger partial charge in [-0.1, -0.05) is 0 Å². The van der Waals surface area contributed by atoms with Crippen LogP contribution in [-0.2, 0) is 0 Å². The zero-order valence-electron chi connectivity index (χ0n) is 12.4. The molecule has 0 spiro atoms. The molecule has 4 nitrogen and oxygen atoms in total. The number of benzene rings is 1. The molecule has 1 amide bonds. The Balaban J connectivity index is 1.63. The van der Waals surface area contributed by atoms with Crippen molar-refractivity contribution in [2.45, 2.75) is 31.8 Å². The predicted molar refractivity (Wildman–Crippen MR) is 88.8 cm³/mol. The lowest BCUT2D eigenvalue weighted by Gasteiger charge is -2.24. The second-order valence-corrected chi connectivity index (χ2v) is 6.95. The number of nitrogens with zero attached hydrogens (tertiary/aromatic N) is 1. The summed E-state index contributed by atoms with van der Waals surface area (Å²) in [6.45, 7) is 2.84. The van der Waals surface area contributed by atoms with E-state index in [1.807, 2.05) is 24.3 Å². The van der Waals surface area contributed by atoms with Crippen molar-refractivity contribution in [3.63, 3.8) is 0 Å². The molecule has 1 atom stereocenters. The maximum atomic E-state index is 12.3. The molecule has 0 bridgehead atoms. The fourth-order valence-corrected chi connectivity index (χ4v) is 3.45. The molecule has 112 valence electrons. The molecule has 0 saturated heterocycles. The van der Waals surface area contributed by atoms with Crippen molar-refractivity contribution in [3.05, 3.63) is 29.1 Å². The van der Waals surface area contributed by atoms with Crippen LogP contribution in [0.2, 0.25) is 0 Å². The normalized spacial score (nSPS) is 16.3. The van der Waals surface area contributed by atoms with E-state index in [1.54, 1.807) is 0 Å². The smallest absolute Gasteiger partial charge is 0.261 e. The summed E-state index contributed by atoms with van der Waals surface area (Å²) < 4.78 is 1.09. The van der Waals surface area contributed by atoms with E-state index in [9.17, 15) is 4.79 Å². The molecule has 1 fully saturated rings. The van der Waals surface area contributed by atoms with E-state index in [0.717, 1.165) is 20.7 Å². The summed E-state index contributed by atoms with van der Waals surface area (Å²) in [5.41, 5.74) is 6.50. The summed E-state index contributed by atoms with van der Waals surface area (Å²) in [5, 5.41) is 4.07. The predicted octanol–water partition coefficient (Wildman–Crippen LogP) is 2.70. The minimum Gasteiger partial charge on any atom is -0.399 e. The van der Waals surface area contributed by atoms with Crippen molar-refractivity contribution in [1.82, 2.24) is 10.2 Å². The number of thiophene rings is 1. The highest BCUT2D eigenvalue weighted by molar-refractivity contribution is 7.20. The van der Waals surface area contributed by atoms with Crippen molar-refractivity contribution < 1.29 is 4.79 Å². The van der Waals surface area contributed by atoms with Crippen molar-refractivity contribution >= 4 is 33.0 Å². The largest absolute Gasteiger partial charge is 0.399 e. The van der Waals surface area contributed by atoms with E-state index in [0.29, 0.717) is 18.6 Å². The van der Waals surface area contributed by atoms with Gasteiger partial charge in [-0.15, -0.1) is 11.3 Å². The minimum absolute atomic E-state index is 0.00539. The first-order valence-electron chi connectivity index (χ1n) is 7.34. The van der Waals surface area contributed by atoms with E-state index in [-0.39, 0.29) is 5.91 Å². The number of fused-ring (bicyclic) bond motifs is 1. The second kappa shape index (κ2) is 5.66. The van der Waals surface area contributed by atoms with Crippen molar-refractivity contribution in [3.8, 4) is 0 Å². The Morgan fingerprint density at radius 1 is 1.48 bits per heavy atom. The monoisotopic (exact) mass is 303 g/mol. The van der Waals surface area contributed by atoms with Crippen LogP contribution < -0.4 is 11.1 Å². The number of anilines is 1.